The molecule has 0 radical (unpaired) electrons. The summed E-state index contributed by atoms with van der Waals surface area (Å²) in [6.45, 7) is 0. The number of benzene rings is 4. The Balaban J connectivity index is 1.05. The summed E-state index contributed by atoms with van der Waals surface area (Å²) in [4.78, 5) is 6.71. The third kappa shape index (κ3) is 5.69. The minimum absolute atomic E-state index is 0.0360. The van der Waals surface area contributed by atoms with Crippen LogP contribution >= 0.6 is 11.8 Å². The van der Waals surface area contributed by atoms with E-state index in [1.165, 1.54) is 52.4 Å². The topological polar surface area (TPSA) is 15.7 Å². The molecule has 3 nitrogen and oxygen atoms in total. The van der Waals surface area contributed by atoms with Crippen LogP contribution < -0.4 is 14.5 Å². The Hall–Kier alpha value is -4.93. The van der Waals surface area contributed by atoms with Gasteiger partial charge in [0.25, 0.3) is 0 Å². The van der Waals surface area contributed by atoms with E-state index < -0.39 is 0 Å². The monoisotopic (exact) mass is 696 g/mol. The Morgan fingerprint density at radius 3 is 2.15 bits per heavy atom. The van der Waals surface area contributed by atoms with Gasteiger partial charge in [-0.2, -0.15) is 0 Å². The van der Waals surface area contributed by atoms with Gasteiger partial charge in [-0.25, -0.2) is 0 Å². The summed E-state index contributed by atoms with van der Waals surface area (Å²) in [5.41, 5.74) is 8.94. The first kappa shape index (κ1) is 31.8. The van der Waals surface area contributed by atoms with Gasteiger partial charge in [0, 0.05) is 63.1 Å². The van der Waals surface area contributed by atoms with Crippen molar-refractivity contribution in [1.29, 1.82) is 0 Å². The summed E-state index contributed by atoms with van der Waals surface area (Å²) in [6.07, 6.45) is 27.6. The SMILES string of the molecule is C1=CCC(c2ccc(N(C3=CC4c5ccccc5OC4C=C3)C3=CC4C(C=C3)SC3=CCCC(N(c5ccccc5)c5ccccc5)C34)cc2)CC1. The van der Waals surface area contributed by atoms with Crippen molar-refractivity contribution in [3.63, 3.8) is 0 Å². The van der Waals surface area contributed by atoms with Crippen LogP contribution in [0.1, 0.15) is 55.1 Å². The van der Waals surface area contributed by atoms with Crippen molar-refractivity contribution in [3.8, 4) is 5.75 Å². The highest BCUT2D eigenvalue weighted by Crippen LogP contribution is 2.56. The summed E-state index contributed by atoms with van der Waals surface area (Å²) >= 11 is 2.09. The Morgan fingerprint density at radius 1 is 0.654 bits per heavy atom. The number of fused-ring (bicyclic) bond motifs is 6. The third-order valence-corrected chi connectivity index (χ3v) is 13.4. The maximum Gasteiger partial charge on any atom is 0.128 e. The Bertz CT molecular complexity index is 2090. The largest absolute Gasteiger partial charge is 0.485 e. The number of hydrogen-bond donors (Lipinski definition) is 0. The lowest BCUT2D eigenvalue weighted by Crippen LogP contribution is -2.42. The molecule has 258 valence electrons. The van der Waals surface area contributed by atoms with Crippen molar-refractivity contribution in [2.24, 2.45) is 11.8 Å². The fourth-order valence-corrected chi connectivity index (χ4v) is 11.1. The van der Waals surface area contributed by atoms with Crippen LogP contribution in [0.5, 0.6) is 5.75 Å². The van der Waals surface area contributed by atoms with Crippen LogP contribution in [0.4, 0.5) is 17.1 Å². The second-order valence-electron chi connectivity index (χ2n) is 14.9. The lowest BCUT2D eigenvalue weighted by Gasteiger charge is -2.42. The molecule has 4 aromatic rings. The van der Waals surface area contributed by atoms with Crippen molar-refractivity contribution in [3.05, 3.63) is 191 Å². The van der Waals surface area contributed by atoms with E-state index in [0.29, 0.717) is 29.0 Å². The Labute approximate surface area is 312 Å². The van der Waals surface area contributed by atoms with E-state index in [0.717, 1.165) is 25.0 Å². The quantitative estimate of drug-likeness (QED) is 0.179. The molecule has 6 aliphatic rings. The van der Waals surface area contributed by atoms with Crippen molar-refractivity contribution >= 4 is 28.8 Å². The van der Waals surface area contributed by atoms with Gasteiger partial charge in [-0.05, 0) is 115 Å². The number of thioether (sulfide) groups is 1. The first-order chi connectivity index (χ1) is 25.8. The standard InChI is InChI=1S/C48H44N2OS/c1-4-13-33(14-5-1)34-23-25-37(26-24-34)49(38-27-29-45-41(31-38)40-19-10-11-21-44(40)51-45)39-28-30-46-42(32-39)48-43(20-12-22-47(48)52-46)50(35-15-6-2-7-16-35)36-17-8-3-9-18-36/h1-4,6-11,15-19,21-33,41-43,45-46,48H,5,12-14,20H2. The molecule has 7 unspecified atom stereocenters. The molecule has 4 heteroatoms. The zero-order valence-corrected chi connectivity index (χ0v) is 30.2. The second-order valence-corrected chi connectivity index (χ2v) is 16.2. The molecular weight excluding hydrogens is 653 g/mol. The Morgan fingerprint density at radius 2 is 1.38 bits per heavy atom. The van der Waals surface area contributed by atoms with E-state index in [-0.39, 0.29) is 12.0 Å². The number of nitrogens with zero attached hydrogens (tertiary/aromatic N) is 2. The normalized spacial score (nSPS) is 28.0. The number of para-hydroxylation sites is 3. The van der Waals surface area contributed by atoms with E-state index in [1.807, 2.05) is 0 Å². The van der Waals surface area contributed by atoms with Gasteiger partial charge in [0.15, 0.2) is 0 Å². The average Bonchev–Trinajstić information content (AvgIpc) is 3.78. The van der Waals surface area contributed by atoms with Crippen LogP contribution in [-0.4, -0.2) is 17.4 Å². The minimum atomic E-state index is 0.0360. The van der Waals surface area contributed by atoms with Crippen molar-refractivity contribution in [2.45, 2.75) is 61.3 Å². The summed E-state index contributed by atoms with van der Waals surface area (Å²) in [6, 6.07) is 40.5. The van der Waals surface area contributed by atoms with Gasteiger partial charge in [0.05, 0.1) is 0 Å². The number of allylic oxidation sites excluding steroid dienone is 6. The molecule has 0 spiro atoms. The van der Waals surface area contributed by atoms with E-state index in [1.54, 1.807) is 4.91 Å². The molecule has 0 saturated carbocycles. The van der Waals surface area contributed by atoms with Crippen molar-refractivity contribution in [1.82, 2.24) is 0 Å². The first-order valence-electron chi connectivity index (χ1n) is 19.2. The van der Waals surface area contributed by atoms with Gasteiger partial charge in [0.2, 0.25) is 0 Å². The highest BCUT2D eigenvalue weighted by Gasteiger charge is 2.47. The molecule has 10 rings (SSSR count). The maximum atomic E-state index is 6.40. The van der Waals surface area contributed by atoms with Gasteiger partial charge in [-0.3, -0.25) is 0 Å². The number of anilines is 3. The molecule has 1 saturated heterocycles. The molecular formula is C48H44N2OS. The minimum Gasteiger partial charge on any atom is -0.485 e. The fourth-order valence-electron chi connectivity index (χ4n) is 9.50. The Kier molecular flexibility index (Phi) is 8.29. The van der Waals surface area contributed by atoms with Crippen LogP contribution in [-0.2, 0) is 0 Å². The van der Waals surface area contributed by atoms with Crippen LogP contribution in [0, 0.1) is 11.8 Å². The molecule has 1 fully saturated rings. The van der Waals surface area contributed by atoms with E-state index in [4.69, 9.17) is 4.74 Å². The predicted octanol–water partition coefficient (Wildman–Crippen LogP) is 12.0. The fraction of sp³-hybridized carbons (Fsp3) is 0.250. The van der Waals surface area contributed by atoms with Crippen molar-refractivity contribution in [2.75, 3.05) is 9.80 Å². The van der Waals surface area contributed by atoms with Gasteiger partial charge >= 0.3 is 0 Å². The molecule has 0 aromatic heterocycles. The molecule has 7 atom stereocenters. The van der Waals surface area contributed by atoms with Crippen molar-refractivity contribution < 1.29 is 4.74 Å². The van der Waals surface area contributed by atoms with Gasteiger partial charge < -0.3 is 14.5 Å². The van der Waals surface area contributed by atoms with E-state index in [2.05, 4.69) is 185 Å². The maximum absolute atomic E-state index is 6.40. The molecule has 0 N–H and O–H groups in total. The summed E-state index contributed by atoms with van der Waals surface area (Å²) in [5, 5.41) is 0.424. The zero-order valence-electron chi connectivity index (χ0n) is 29.4. The molecule has 4 aromatic carbocycles. The lowest BCUT2D eigenvalue weighted by molar-refractivity contribution is 0.268. The second kappa shape index (κ2) is 13.6. The van der Waals surface area contributed by atoms with Gasteiger partial charge in [-0.1, -0.05) is 97.1 Å². The summed E-state index contributed by atoms with van der Waals surface area (Å²) < 4.78 is 6.40. The first-order valence-corrected chi connectivity index (χ1v) is 20.0. The zero-order chi connectivity index (χ0) is 34.4. The molecule has 52 heavy (non-hydrogen) atoms. The predicted molar refractivity (Wildman–Crippen MR) is 217 cm³/mol. The number of ether oxygens (including phenoxy) is 1. The van der Waals surface area contributed by atoms with Crippen LogP contribution in [0.15, 0.2) is 180 Å². The average molecular weight is 697 g/mol. The molecule has 2 aliphatic heterocycles. The number of hydrogen-bond acceptors (Lipinski definition) is 4. The highest BCUT2D eigenvalue weighted by atomic mass is 32.2. The van der Waals surface area contributed by atoms with E-state index >= 15 is 0 Å². The molecule has 0 amide bonds. The highest BCUT2D eigenvalue weighted by molar-refractivity contribution is 8.04. The molecule has 4 aliphatic carbocycles. The molecule has 0 bridgehead atoms. The van der Waals surface area contributed by atoms with Gasteiger partial charge in [0.1, 0.15) is 11.9 Å². The van der Waals surface area contributed by atoms with Crippen LogP contribution in [0.2, 0.25) is 0 Å². The summed E-state index contributed by atoms with van der Waals surface area (Å²) in [7, 11) is 0. The molecule has 2 heterocycles. The summed E-state index contributed by atoms with van der Waals surface area (Å²) in [5.74, 6) is 2.58. The number of rotatable bonds is 7. The smallest absolute Gasteiger partial charge is 0.128 e. The van der Waals surface area contributed by atoms with Crippen LogP contribution in [0.25, 0.3) is 0 Å². The third-order valence-electron chi connectivity index (χ3n) is 11.9. The van der Waals surface area contributed by atoms with E-state index in [9.17, 15) is 0 Å². The lowest BCUT2D eigenvalue weighted by atomic mass is 9.76. The van der Waals surface area contributed by atoms with Gasteiger partial charge in [-0.15, -0.1) is 11.8 Å². The van der Waals surface area contributed by atoms with Crippen LogP contribution in [0.3, 0.4) is 0 Å².